The first kappa shape index (κ1) is 21.7. The molecule has 1 amide bonds. The summed E-state index contributed by atoms with van der Waals surface area (Å²) >= 11 is 0. The Kier molecular flexibility index (Phi) is 5.53. The van der Waals surface area contributed by atoms with Gasteiger partial charge in [0.25, 0.3) is 5.91 Å². The largest absolute Gasteiger partial charge is 0.497 e. The maximum Gasteiger partial charge on any atom is 0.260 e. The van der Waals surface area contributed by atoms with Crippen molar-refractivity contribution in [2.75, 3.05) is 33.3 Å². The van der Waals surface area contributed by atoms with Crippen LogP contribution in [0.5, 0.6) is 5.75 Å². The van der Waals surface area contributed by atoms with Crippen molar-refractivity contribution >= 4 is 15.9 Å². The highest BCUT2D eigenvalue weighted by atomic mass is 32.2. The van der Waals surface area contributed by atoms with Crippen molar-refractivity contribution in [1.82, 2.24) is 14.2 Å². The summed E-state index contributed by atoms with van der Waals surface area (Å²) in [7, 11) is -2.02. The molecule has 1 aromatic heterocycles. The number of aliphatic hydroxyl groups is 1. The minimum Gasteiger partial charge on any atom is -0.497 e. The molecule has 166 valence electrons. The molecule has 2 fully saturated rings. The second kappa shape index (κ2) is 7.89. The number of rotatable bonds is 5. The Hall–Kier alpha value is -2.49. The molecule has 1 N–H and O–H groups in total. The van der Waals surface area contributed by atoms with Gasteiger partial charge in [0, 0.05) is 37.8 Å². The lowest BCUT2D eigenvalue weighted by atomic mass is 9.72. The first-order valence-electron chi connectivity index (χ1n) is 10.3. The Balaban J connectivity index is 1.37. The number of likely N-dealkylation sites (tertiary alicyclic amines) is 1. The van der Waals surface area contributed by atoms with Crippen molar-refractivity contribution in [2.45, 2.75) is 30.3 Å². The van der Waals surface area contributed by atoms with E-state index in [0.717, 1.165) is 0 Å². The van der Waals surface area contributed by atoms with Crippen LogP contribution in [0.25, 0.3) is 0 Å². The Morgan fingerprint density at radius 1 is 1.13 bits per heavy atom. The summed E-state index contributed by atoms with van der Waals surface area (Å²) in [6, 6.07) is 11.5. The number of nitrogens with zero attached hydrogens (tertiary/aromatic N) is 3. The van der Waals surface area contributed by atoms with E-state index in [-0.39, 0.29) is 16.2 Å². The van der Waals surface area contributed by atoms with Crippen molar-refractivity contribution in [3.05, 3.63) is 54.4 Å². The highest BCUT2D eigenvalue weighted by Crippen LogP contribution is 2.43. The predicted molar refractivity (Wildman–Crippen MR) is 114 cm³/mol. The van der Waals surface area contributed by atoms with E-state index in [9.17, 15) is 18.3 Å². The van der Waals surface area contributed by atoms with E-state index >= 15 is 0 Å². The van der Waals surface area contributed by atoms with Crippen molar-refractivity contribution < 1.29 is 23.1 Å². The first-order valence-corrected chi connectivity index (χ1v) is 11.7. The van der Waals surface area contributed by atoms with Gasteiger partial charge in [-0.3, -0.25) is 9.78 Å². The summed E-state index contributed by atoms with van der Waals surface area (Å²) in [5, 5.41) is 10.7. The fourth-order valence-electron chi connectivity index (χ4n) is 4.39. The quantitative estimate of drug-likeness (QED) is 0.751. The van der Waals surface area contributed by atoms with Gasteiger partial charge in [0.1, 0.15) is 5.75 Å². The van der Waals surface area contributed by atoms with Crippen LogP contribution in [0.3, 0.4) is 0 Å². The Bertz CT molecular complexity index is 1040. The Labute approximate surface area is 182 Å². The lowest BCUT2D eigenvalue weighted by Gasteiger charge is -2.54. The monoisotopic (exact) mass is 445 g/mol. The third kappa shape index (κ3) is 3.93. The summed E-state index contributed by atoms with van der Waals surface area (Å²) in [6.07, 6.45) is 2.91. The van der Waals surface area contributed by atoms with Gasteiger partial charge in [0.05, 0.1) is 17.7 Å². The molecule has 3 heterocycles. The lowest BCUT2D eigenvalue weighted by molar-refractivity contribution is -0.166. The summed E-state index contributed by atoms with van der Waals surface area (Å²) < 4.78 is 32.5. The smallest absolute Gasteiger partial charge is 0.260 e. The van der Waals surface area contributed by atoms with Crippen LogP contribution in [0.15, 0.2) is 53.6 Å². The number of aromatic nitrogens is 1. The average Bonchev–Trinajstić information content (AvgIpc) is 2.77. The zero-order valence-electron chi connectivity index (χ0n) is 17.7. The molecule has 2 aromatic rings. The molecule has 31 heavy (non-hydrogen) atoms. The molecule has 0 bridgehead atoms. The minimum atomic E-state index is -3.56. The molecule has 2 saturated heterocycles. The van der Waals surface area contributed by atoms with Crippen LogP contribution >= 0.6 is 0 Å². The van der Waals surface area contributed by atoms with Crippen LogP contribution in [0.2, 0.25) is 0 Å². The van der Waals surface area contributed by atoms with E-state index in [1.807, 2.05) is 0 Å². The third-order valence-electron chi connectivity index (χ3n) is 6.40. The van der Waals surface area contributed by atoms with Crippen molar-refractivity contribution in [3.8, 4) is 5.75 Å². The third-order valence-corrected chi connectivity index (χ3v) is 8.31. The van der Waals surface area contributed by atoms with Gasteiger partial charge in [-0.1, -0.05) is 6.07 Å². The molecular weight excluding hydrogens is 418 g/mol. The van der Waals surface area contributed by atoms with E-state index in [2.05, 4.69) is 4.98 Å². The van der Waals surface area contributed by atoms with Crippen LogP contribution in [0, 0.1) is 5.41 Å². The topological polar surface area (TPSA) is 100 Å². The highest BCUT2D eigenvalue weighted by Gasteiger charge is 2.51. The molecule has 8 nitrogen and oxygen atoms in total. The van der Waals surface area contributed by atoms with E-state index in [4.69, 9.17) is 4.74 Å². The van der Waals surface area contributed by atoms with Crippen molar-refractivity contribution in [1.29, 1.82) is 0 Å². The second-order valence-corrected chi connectivity index (χ2v) is 10.5. The van der Waals surface area contributed by atoms with Gasteiger partial charge < -0.3 is 14.7 Å². The number of ether oxygens (including phenoxy) is 1. The van der Waals surface area contributed by atoms with Crippen LogP contribution in [-0.4, -0.2) is 66.9 Å². The summed E-state index contributed by atoms with van der Waals surface area (Å²) in [5.74, 6) is 0.238. The molecule has 1 atom stereocenters. The standard InChI is InChI=1S/C22H27N3O5S/c1-21(27,19-5-3-4-12-23-19)20(26)24-15-22(16-24)10-13-25(14-11-22)31(28,29)18-8-6-17(30-2)7-9-18/h3-9,12,27H,10-11,13-16H2,1-2H3. The molecular formula is C22H27N3O5S. The van der Waals surface area contributed by atoms with E-state index in [1.165, 1.54) is 18.3 Å². The zero-order valence-corrected chi connectivity index (χ0v) is 18.5. The van der Waals surface area contributed by atoms with Gasteiger partial charge in [-0.15, -0.1) is 0 Å². The van der Waals surface area contributed by atoms with E-state index in [0.29, 0.717) is 50.5 Å². The number of carbonyl (C=O) groups is 1. The number of pyridine rings is 1. The van der Waals surface area contributed by atoms with Gasteiger partial charge in [0.15, 0.2) is 5.60 Å². The summed E-state index contributed by atoms with van der Waals surface area (Å²) in [4.78, 5) is 18.9. The van der Waals surface area contributed by atoms with Gasteiger partial charge in [-0.2, -0.15) is 4.31 Å². The molecule has 4 rings (SSSR count). The number of benzene rings is 1. The Morgan fingerprint density at radius 3 is 2.32 bits per heavy atom. The predicted octanol–water partition coefficient (Wildman–Crippen LogP) is 1.61. The molecule has 2 aliphatic rings. The van der Waals surface area contributed by atoms with Gasteiger partial charge in [-0.25, -0.2) is 8.42 Å². The number of hydrogen-bond acceptors (Lipinski definition) is 6. The van der Waals surface area contributed by atoms with Crippen LogP contribution in [0.1, 0.15) is 25.5 Å². The number of sulfonamides is 1. The average molecular weight is 446 g/mol. The van der Waals surface area contributed by atoms with E-state index in [1.54, 1.807) is 53.6 Å². The molecule has 0 saturated carbocycles. The number of amides is 1. The molecule has 1 aromatic carbocycles. The maximum absolute atomic E-state index is 12.9. The second-order valence-electron chi connectivity index (χ2n) is 8.53. The zero-order chi connectivity index (χ0) is 22.3. The van der Waals surface area contributed by atoms with Gasteiger partial charge in [-0.05, 0) is 56.2 Å². The normalized spacial score (nSPS) is 20.7. The SMILES string of the molecule is COc1ccc(S(=O)(=O)N2CCC3(CC2)CN(C(=O)C(C)(O)c2ccccn2)C3)cc1. The van der Waals surface area contributed by atoms with Crippen LogP contribution < -0.4 is 4.74 Å². The molecule has 2 aliphatic heterocycles. The first-order chi connectivity index (χ1) is 14.7. The molecule has 0 radical (unpaired) electrons. The molecule has 1 unspecified atom stereocenters. The van der Waals surface area contributed by atoms with Crippen molar-refractivity contribution in [3.63, 3.8) is 0 Å². The molecule has 9 heteroatoms. The summed E-state index contributed by atoms with van der Waals surface area (Å²) in [6.45, 7) is 3.32. The van der Waals surface area contributed by atoms with E-state index < -0.39 is 15.6 Å². The fourth-order valence-corrected chi connectivity index (χ4v) is 5.83. The number of hydrogen-bond donors (Lipinski definition) is 1. The van der Waals surface area contributed by atoms with Crippen LogP contribution in [0.4, 0.5) is 0 Å². The van der Waals surface area contributed by atoms with Crippen molar-refractivity contribution in [2.24, 2.45) is 5.41 Å². The fraction of sp³-hybridized carbons (Fsp3) is 0.455. The van der Waals surface area contributed by atoms with Gasteiger partial charge >= 0.3 is 0 Å². The molecule has 1 spiro atoms. The van der Waals surface area contributed by atoms with Crippen LogP contribution in [-0.2, 0) is 20.4 Å². The minimum absolute atomic E-state index is 0.0955. The number of piperidine rings is 1. The number of methoxy groups -OCH3 is 1. The molecule has 0 aliphatic carbocycles. The maximum atomic E-state index is 12.9. The highest BCUT2D eigenvalue weighted by molar-refractivity contribution is 7.89. The lowest BCUT2D eigenvalue weighted by Crippen LogP contribution is -2.64. The number of carbonyl (C=O) groups excluding carboxylic acids is 1. The Morgan fingerprint density at radius 2 is 1.77 bits per heavy atom. The summed E-state index contributed by atoms with van der Waals surface area (Å²) in [5.41, 5.74) is -1.45. The van der Waals surface area contributed by atoms with Gasteiger partial charge in [0.2, 0.25) is 10.0 Å².